The van der Waals surface area contributed by atoms with Crippen LogP contribution in [0.3, 0.4) is 0 Å². The number of rotatable bonds is 3. The summed E-state index contributed by atoms with van der Waals surface area (Å²) < 4.78 is 0.342. The van der Waals surface area contributed by atoms with Gasteiger partial charge in [-0.05, 0) is 38.4 Å². The molecule has 0 spiro atoms. The molecule has 4 heteroatoms. The van der Waals surface area contributed by atoms with Crippen molar-refractivity contribution in [3.8, 4) is 0 Å². The third-order valence-electron chi connectivity index (χ3n) is 3.33. The number of hydrogen-bond acceptors (Lipinski definition) is 2. The molecule has 2 fully saturated rings. The molecule has 2 rings (SSSR count). The van der Waals surface area contributed by atoms with Crippen LogP contribution in [0.25, 0.3) is 0 Å². The van der Waals surface area contributed by atoms with E-state index < -0.39 is 0 Å². The van der Waals surface area contributed by atoms with E-state index in [2.05, 4.69) is 23.9 Å². The highest BCUT2D eigenvalue weighted by atomic mass is 32.2. The molecule has 0 aromatic heterocycles. The van der Waals surface area contributed by atoms with Gasteiger partial charge in [-0.2, -0.15) is 11.8 Å². The summed E-state index contributed by atoms with van der Waals surface area (Å²) >= 11 is 2.04. The maximum Gasteiger partial charge on any atom is 0.191 e. The largest absolute Gasteiger partial charge is 0.370 e. The maximum atomic E-state index is 5.96. The van der Waals surface area contributed by atoms with Crippen molar-refractivity contribution in [2.75, 3.05) is 19.3 Å². The van der Waals surface area contributed by atoms with Crippen LogP contribution in [-0.4, -0.2) is 41.0 Å². The van der Waals surface area contributed by atoms with E-state index in [1.807, 2.05) is 11.8 Å². The lowest BCUT2D eigenvalue weighted by atomic mass is 10.1. The second kappa shape index (κ2) is 4.24. The van der Waals surface area contributed by atoms with Gasteiger partial charge >= 0.3 is 0 Å². The molecule has 0 aromatic rings. The summed E-state index contributed by atoms with van der Waals surface area (Å²) in [4.78, 5) is 6.67. The molecule has 2 aliphatic rings. The van der Waals surface area contributed by atoms with Crippen molar-refractivity contribution < 1.29 is 0 Å². The Bertz CT molecular complexity index is 255. The summed E-state index contributed by atoms with van der Waals surface area (Å²) in [5, 5.41) is 0. The van der Waals surface area contributed by atoms with Gasteiger partial charge in [-0.25, -0.2) is 0 Å². The highest BCUT2D eigenvalue weighted by Gasteiger charge is 2.30. The van der Waals surface area contributed by atoms with Crippen LogP contribution in [0.15, 0.2) is 4.99 Å². The number of hydrogen-bond donors (Lipinski definition) is 1. The topological polar surface area (TPSA) is 41.6 Å². The Labute approximate surface area is 96.5 Å². The van der Waals surface area contributed by atoms with Gasteiger partial charge in [0.05, 0.1) is 6.54 Å². The average molecular weight is 227 g/mol. The smallest absolute Gasteiger partial charge is 0.191 e. The average Bonchev–Trinajstić information content (AvgIpc) is 2.98. The SMILES string of the molecule is CN(C(N)=NCC1(C)CCCS1)C1CC1. The van der Waals surface area contributed by atoms with Crippen LogP contribution in [0.5, 0.6) is 0 Å². The Kier molecular flexibility index (Phi) is 3.14. The first-order valence-corrected chi connectivity index (χ1v) is 6.76. The molecule has 15 heavy (non-hydrogen) atoms. The molecule has 1 aliphatic carbocycles. The fraction of sp³-hybridized carbons (Fsp3) is 0.909. The molecule has 3 nitrogen and oxygen atoms in total. The summed E-state index contributed by atoms with van der Waals surface area (Å²) in [5.41, 5.74) is 5.96. The predicted octanol–water partition coefficient (Wildman–Crippen LogP) is 1.68. The summed E-state index contributed by atoms with van der Waals surface area (Å²) in [7, 11) is 2.06. The van der Waals surface area contributed by atoms with Gasteiger partial charge in [-0.3, -0.25) is 4.99 Å². The van der Waals surface area contributed by atoms with Gasteiger partial charge in [-0.15, -0.1) is 0 Å². The van der Waals surface area contributed by atoms with Crippen molar-refractivity contribution in [2.45, 2.75) is 43.4 Å². The molecule has 0 amide bonds. The van der Waals surface area contributed by atoms with Crippen LogP contribution in [0, 0.1) is 0 Å². The number of nitrogens with two attached hydrogens (primary N) is 1. The molecule has 1 aliphatic heterocycles. The van der Waals surface area contributed by atoms with Gasteiger partial charge in [0, 0.05) is 17.8 Å². The molecule has 86 valence electrons. The molecule has 0 radical (unpaired) electrons. The van der Waals surface area contributed by atoms with Gasteiger partial charge < -0.3 is 10.6 Å². The quantitative estimate of drug-likeness (QED) is 0.589. The summed E-state index contributed by atoms with van der Waals surface area (Å²) in [6, 6.07) is 0.665. The second-order valence-electron chi connectivity index (χ2n) is 4.92. The molecular formula is C11H21N3S. The lowest BCUT2D eigenvalue weighted by Gasteiger charge is -2.22. The zero-order chi connectivity index (χ0) is 10.9. The third-order valence-corrected chi connectivity index (χ3v) is 4.85. The van der Waals surface area contributed by atoms with E-state index in [1.165, 1.54) is 31.4 Å². The van der Waals surface area contributed by atoms with Crippen molar-refractivity contribution in [3.05, 3.63) is 0 Å². The summed E-state index contributed by atoms with van der Waals surface area (Å²) in [6.07, 6.45) is 5.16. The Hall–Kier alpha value is -0.380. The van der Waals surface area contributed by atoms with Gasteiger partial charge in [0.15, 0.2) is 5.96 Å². The highest BCUT2D eigenvalue weighted by molar-refractivity contribution is 8.00. The minimum absolute atomic E-state index is 0.342. The lowest BCUT2D eigenvalue weighted by Crippen LogP contribution is -2.37. The zero-order valence-electron chi connectivity index (χ0n) is 9.70. The Balaban J connectivity index is 1.86. The van der Waals surface area contributed by atoms with Crippen molar-refractivity contribution in [1.29, 1.82) is 0 Å². The summed E-state index contributed by atoms with van der Waals surface area (Å²) in [5.74, 6) is 2.01. The molecule has 1 atom stereocenters. The van der Waals surface area contributed by atoms with Crippen LogP contribution in [-0.2, 0) is 0 Å². The van der Waals surface area contributed by atoms with Gasteiger partial charge in [0.2, 0.25) is 0 Å². The minimum atomic E-state index is 0.342. The van der Waals surface area contributed by atoms with Crippen LogP contribution in [0.4, 0.5) is 0 Å². The summed E-state index contributed by atoms with van der Waals surface area (Å²) in [6.45, 7) is 3.18. The van der Waals surface area contributed by atoms with Gasteiger partial charge in [-0.1, -0.05) is 0 Å². The lowest BCUT2D eigenvalue weighted by molar-refractivity contribution is 0.484. The number of aliphatic imine (C=N–C) groups is 1. The Morgan fingerprint density at radius 2 is 2.33 bits per heavy atom. The highest BCUT2D eigenvalue weighted by Crippen LogP contribution is 2.37. The van der Waals surface area contributed by atoms with E-state index in [0.717, 1.165) is 12.5 Å². The van der Waals surface area contributed by atoms with E-state index in [4.69, 9.17) is 5.73 Å². The van der Waals surface area contributed by atoms with Crippen LogP contribution in [0.2, 0.25) is 0 Å². The molecule has 1 saturated heterocycles. The van der Waals surface area contributed by atoms with E-state index in [0.29, 0.717) is 10.8 Å². The molecule has 2 N–H and O–H groups in total. The van der Waals surface area contributed by atoms with Crippen molar-refractivity contribution in [3.63, 3.8) is 0 Å². The van der Waals surface area contributed by atoms with E-state index >= 15 is 0 Å². The van der Waals surface area contributed by atoms with Crippen LogP contribution in [0.1, 0.15) is 32.6 Å². The normalized spacial score (nSPS) is 32.0. The van der Waals surface area contributed by atoms with Crippen molar-refractivity contribution >= 4 is 17.7 Å². The van der Waals surface area contributed by atoms with Gasteiger partial charge in [0.1, 0.15) is 0 Å². The molecule has 0 bridgehead atoms. The predicted molar refractivity (Wildman–Crippen MR) is 67.4 cm³/mol. The number of thioether (sulfide) groups is 1. The Morgan fingerprint density at radius 1 is 1.60 bits per heavy atom. The molecule has 1 unspecified atom stereocenters. The van der Waals surface area contributed by atoms with Crippen molar-refractivity contribution in [2.24, 2.45) is 10.7 Å². The molecule has 1 saturated carbocycles. The fourth-order valence-corrected chi connectivity index (χ4v) is 3.20. The monoisotopic (exact) mass is 227 g/mol. The second-order valence-corrected chi connectivity index (χ2v) is 6.60. The number of nitrogens with zero attached hydrogens (tertiary/aromatic N) is 2. The first kappa shape index (κ1) is 11.1. The number of guanidine groups is 1. The standard InChI is InChI=1S/C11H21N3S/c1-11(6-3-7-15-11)8-13-10(12)14(2)9-4-5-9/h9H,3-8H2,1-2H3,(H2,12,13). The molecular weight excluding hydrogens is 206 g/mol. The van der Waals surface area contributed by atoms with Crippen molar-refractivity contribution in [1.82, 2.24) is 4.90 Å². The van der Waals surface area contributed by atoms with E-state index in [1.54, 1.807) is 0 Å². The van der Waals surface area contributed by atoms with Crippen LogP contribution >= 0.6 is 11.8 Å². The fourth-order valence-electron chi connectivity index (χ4n) is 1.97. The van der Waals surface area contributed by atoms with E-state index in [9.17, 15) is 0 Å². The Morgan fingerprint density at radius 3 is 2.87 bits per heavy atom. The maximum absolute atomic E-state index is 5.96. The van der Waals surface area contributed by atoms with Crippen LogP contribution < -0.4 is 5.73 Å². The first-order chi connectivity index (χ1) is 7.11. The first-order valence-electron chi connectivity index (χ1n) is 5.77. The zero-order valence-corrected chi connectivity index (χ0v) is 10.5. The molecule has 0 aromatic carbocycles. The van der Waals surface area contributed by atoms with E-state index in [-0.39, 0.29) is 0 Å². The third kappa shape index (κ3) is 2.80. The minimum Gasteiger partial charge on any atom is -0.370 e. The molecule has 1 heterocycles. The van der Waals surface area contributed by atoms with Gasteiger partial charge in [0.25, 0.3) is 0 Å².